The first-order valence-electron chi connectivity index (χ1n) is 16.0. The first-order chi connectivity index (χ1) is 20.4. The van der Waals surface area contributed by atoms with E-state index in [4.69, 9.17) is 9.72 Å². The summed E-state index contributed by atoms with van der Waals surface area (Å²) in [6, 6.07) is 1.97. The molecule has 0 aromatic carbocycles. The smallest absolute Gasteiger partial charge is 0.316 e. The molecule has 2 heterocycles. The predicted molar refractivity (Wildman–Crippen MR) is 168 cm³/mol. The van der Waals surface area contributed by atoms with Gasteiger partial charge in [-0.25, -0.2) is 9.97 Å². The lowest BCUT2D eigenvalue weighted by Crippen LogP contribution is -2.63. The number of aliphatic hydroxyl groups is 2. The molecule has 1 aromatic rings. The van der Waals surface area contributed by atoms with Crippen molar-refractivity contribution in [1.82, 2.24) is 14.9 Å². The minimum atomic E-state index is -0.684. The Morgan fingerprint density at radius 1 is 1.21 bits per heavy atom. The monoisotopic (exact) mass is 614 g/mol. The number of ether oxygens (including phenoxy) is 1. The number of esters is 1. The molecule has 1 aromatic heterocycles. The van der Waals surface area contributed by atoms with Crippen LogP contribution < -0.4 is 4.90 Å². The standard InChI is InChI=1S/C33H50N4O5S/c1-7-31(5)19-25(32(6)21(2)8-10-33(23(4)29(31)41)11-9-24(39)28(32)33)42-27(40)20-43-30-34-22(3)18-26(35-30)37-14-12-36(13-15-37)16-17-38/h7,18,21,23,25,28-29,38,41H,1,8-17,19-20H2,2-6H3/t21-,23+,25-,28+,29+,31-,32-,33+/m1/s1. The van der Waals surface area contributed by atoms with E-state index in [0.29, 0.717) is 24.5 Å². The molecule has 4 fully saturated rings. The number of piperazine rings is 1. The van der Waals surface area contributed by atoms with Gasteiger partial charge in [0.25, 0.3) is 0 Å². The summed E-state index contributed by atoms with van der Waals surface area (Å²) in [5, 5.41) is 21.5. The van der Waals surface area contributed by atoms with E-state index in [-0.39, 0.29) is 47.3 Å². The molecule has 0 radical (unpaired) electrons. The second-order valence-electron chi connectivity index (χ2n) is 14.1. The van der Waals surface area contributed by atoms with Crippen molar-refractivity contribution in [3.05, 3.63) is 24.4 Å². The van der Waals surface area contributed by atoms with Crippen molar-refractivity contribution in [1.29, 1.82) is 0 Å². The van der Waals surface area contributed by atoms with Crippen LogP contribution in [0.4, 0.5) is 5.82 Å². The Kier molecular flexibility index (Phi) is 9.35. The maximum absolute atomic E-state index is 13.6. The Labute approximate surface area is 260 Å². The van der Waals surface area contributed by atoms with E-state index in [9.17, 15) is 19.8 Å². The highest BCUT2D eigenvalue weighted by Crippen LogP contribution is 2.68. The number of hydrogen-bond donors (Lipinski definition) is 2. The van der Waals surface area contributed by atoms with Crippen LogP contribution in [0.2, 0.25) is 0 Å². The molecule has 2 N–H and O–H groups in total. The van der Waals surface area contributed by atoms with Crippen molar-refractivity contribution >= 4 is 29.3 Å². The van der Waals surface area contributed by atoms with Gasteiger partial charge in [-0.2, -0.15) is 0 Å². The number of nitrogens with zero attached hydrogens (tertiary/aromatic N) is 4. The van der Waals surface area contributed by atoms with Crippen molar-refractivity contribution in [2.75, 3.05) is 50.0 Å². The molecule has 0 spiro atoms. The van der Waals surface area contributed by atoms with Gasteiger partial charge in [-0.1, -0.05) is 45.5 Å². The van der Waals surface area contributed by atoms with Crippen LogP contribution in [0.3, 0.4) is 0 Å². The summed E-state index contributed by atoms with van der Waals surface area (Å²) in [6.45, 7) is 18.7. The molecular weight excluding hydrogens is 564 g/mol. The second-order valence-corrected chi connectivity index (χ2v) is 15.0. The highest BCUT2D eigenvalue weighted by molar-refractivity contribution is 7.99. The van der Waals surface area contributed by atoms with Gasteiger partial charge in [-0.05, 0) is 49.9 Å². The molecule has 10 heteroatoms. The molecule has 1 aliphatic heterocycles. The summed E-state index contributed by atoms with van der Waals surface area (Å²) in [4.78, 5) is 41.0. The first kappa shape index (κ1) is 32.4. The topological polar surface area (TPSA) is 116 Å². The third-order valence-electron chi connectivity index (χ3n) is 11.8. The number of aliphatic hydroxyl groups excluding tert-OH is 2. The maximum Gasteiger partial charge on any atom is 0.316 e. The second kappa shape index (κ2) is 12.4. The van der Waals surface area contributed by atoms with Crippen molar-refractivity contribution in [2.24, 2.45) is 34.0 Å². The summed E-state index contributed by atoms with van der Waals surface area (Å²) >= 11 is 1.27. The molecule has 238 valence electrons. The van der Waals surface area contributed by atoms with E-state index in [1.54, 1.807) is 0 Å². The highest BCUT2D eigenvalue weighted by Gasteiger charge is 2.68. The van der Waals surface area contributed by atoms with Crippen LogP contribution >= 0.6 is 11.8 Å². The van der Waals surface area contributed by atoms with E-state index in [1.165, 1.54) is 11.8 Å². The van der Waals surface area contributed by atoms with E-state index in [1.807, 2.05) is 26.0 Å². The average molecular weight is 615 g/mol. The van der Waals surface area contributed by atoms with Gasteiger partial charge in [0.2, 0.25) is 0 Å². The number of rotatable bonds is 8. The van der Waals surface area contributed by atoms with Crippen molar-refractivity contribution in [3.63, 3.8) is 0 Å². The Hall–Kier alpha value is -2.01. The summed E-state index contributed by atoms with van der Waals surface area (Å²) < 4.78 is 6.39. The lowest BCUT2D eigenvalue weighted by atomic mass is 9.44. The number of ketones is 1. The van der Waals surface area contributed by atoms with Gasteiger partial charge in [-0.15, -0.1) is 6.58 Å². The fourth-order valence-electron chi connectivity index (χ4n) is 8.91. The highest BCUT2D eigenvalue weighted by atomic mass is 32.2. The fourth-order valence-corrected chi connectivity index (χ4v) is 9.59. The maximum atomic E-state index is 13.6. The molecule has 2 bridgehead atoms. The Morgan fingerprint density at radius 2 is 1.93 bits per heavy atom. The zero-order valence-corrected chi connectivity index (χ0v) is 27.4. The number of anilines is 1. The third kappa shape index (κ3) is 5.77. The minimum Gasteiger partial charge on any atom is -0.461 e. The van der Waals surface area contributed by atoms with Crippen LogP contribution in [0.1, 0.15) is 65.5 Å². The number of thioether (sulfide) groups is 1. The Balaban J connectivity index is 1.35. The number of Topliss-reactive ketones (excluding diaryl/α,β-unsaturated/α-hetero) is 1. The zero-order chi connectivity index (χ0) is 31.2. The summed E-state index contributed by atoms with van der Waals surface area (Å²) in [6.07, 6.45) is 4.19. The fraction of sp³-hybridized carbons (Fsp3) is 0.758. The van der Waals surface area contributed by atoms with Gasteiger partial charge in [0.15, 0.2) is 5.16 Å². The van der Waals surface area contributed by atoms with E-state index >= 15 is 0 Å². The SMILES string of the molecule is C=C[C@]1(C)C[C@@H](OC(=O)CSc2nc(C)cc(N3CCN(CCO)CC3)n2)[C@@]2(C)[C@H](C)CC[C@]3(CCC(=O)[C@H]32)[C@@H](C)[C@@H]1O. The van der Waals surface area contributed by atoms with Crippen LogP contribution in [0.5, 0.6) is 0 Å². The van der Waals surface area contributed by atoms with Crippen LogP contribution in [-0.2, 0) is 14.3 Å². The number of hydrogen-bond acceptors (Lipinski definition) is 10. The Morgan fingerprint density at radius 3 is 2.60 bits per heavy atom. The molecule has 0 unspecified atom stereocenters. The van der Waals surface area contributed by atoms with Crippen LogP contribution in [0, 0.1) is 40.9 Å². The predicted octanol–water partition coefficient (Wildman–Crippen LogP) is 3.90. The summed E-state index contributed by atoms with van der Waals surface area (Å²) in [5.74, 6) is 0.686. The molecule has 0 amide bonds. The number of aromatic nitrogens is 2. The number of carbonyl (C=O) groups is 2. The molecule has 4 aliphatic rings. The molecule has 5 rings (SSSR count). The average Bonchev–Trinajstić information content (AvgIpc) is 3.34. The molecule has 3 aliphatic carbocycles. The van der Waals surface area contributed by atoms with Gasteiger partial charge >= 0.3 is 5.97 Å². The lowest BCUT2D eigenvalue weighted by molar-refractivity contribution is -0.205. The van der Waals surface area contributed by atoms with Crippen molar-refractivity contribution < 1.29 is 24.5 Å². The molecule has 43 heavy (non-hydrogen) atoms. The first-order valence-corrected chi connectivity index (χ1v) is 17.0. The largest absolute Gasteiger partial charge is 0.461 e. The van der Waals surface area contributed by atoms with Gasteiger partial charge in [0, 0.05) is 67.7 Å². The molecule has 8 atom stereocenters. The quantitative estimate of drug-likeness (QED) is 0.193. The van der Waals surface area contributed by atoms with Gasteiger partial charge in [-0.3, -0.25) is 14.5 Å². The van der Waals surface area contributed by atoms with Crippen LogP contribution in [-0.4, -0.2) is 94.1 Å². The summed E-state index contributed by atoms with van der Waals surface area (Å²) in [7, 11) is 0. The molecule has 1 saturated heterocycles. The van der Waals surface area contributed by atoms with E-state index in [2.05, 4.69) is 42.1 Å². The summed E-state index contributed by atoms with van der Waals surface area (Å²) in [5.41, 5.74) is -0.647. The molecular formula is C33H50N4O5S. The lowest BCUT2D eigenvalue weighted by Gasteiger charge is -2.61. The Bertz CT molecular complexity index is 1220. The van der Waals surface area contributed by atoms with Gasteiger partial charge in [0.05, 0.1) is 18.5 Å². The number of aryl methyl sites for hydroxylation is 1. The normalized spacial score (nSPS) is 38.3. The van der Waals surface area contributed by atoms with Gasteiger partial charge < -0.3 is 19.8 Å². The van der Waals surface area contributed by atoms with Crippen LogP contribution in [0.25, 0.3) is 0 Å². The third-order valence-corrected chi connectivity index (χ3v) is 12.6. The van der Waals surface area contributed by atoms with Crippen LogP contribution in [0.15, 0.2) is 23.9 Å². The van der Waals surface area contributed by atoms with E-state index < -0.39 is 23.0 Å². The minimum absolute atomic E-state index is 0.0572. The van der Waals surface area contributed by atoms with Crippen molar-refractivity contribution in [2.45, 2.75) is 84.1 Å². The molecule has 9 nitrogen and oxygen atoms in total. The zero-order valence-electron chi connectivity index (χ0n) is 26.6. The number of β-amino-alcohol motifs (C(OH)–C–C–N with tert-alkyl or cyclic N) is 1. The van der Waals surface area contributed by atoms with Crippen molar-refractivity contribution in [3.8, 4) is 0 Å². The molecule has 3 saturated carbocycles. The van der Waals surface area contributed by atoms with Gasteiger partial charge in [0.1, 0.15) is 17.7 Å². The van der Waals surface area contributed by atoms with E-state index in [0.717, 1.165) is 57.0 Å². The number of carbonyl (C=O) groups excluding carboxylic acids is 2.